The van der Waals surface area contributed by atoms with Gasteiger partial charge in [-0.25, -0.2) is 9.18 Å². The van der Waals surface area contributed by atoms with Gasteiger partial charge in [-0.2, -0.15) is 0 Å². The van der Waals surface area contributed by atoms with E-state index < -0.39 is 0 Å². The Morgan fingerprint density at radius 1 is 1.33 bits per heavy atom. The van der Waals surface area contributed by atoms with E-state index in [-0.39, 0.29) is 17.5 Å². The monoisotopic (exact) mass is 249 g/mol. The zero-order chi connectivity index (χ0) is 12.7. The largest absolute Gasteiger partial charge is 0.326 e. The van der Waals surface area contributed by atoms with Gasteiger partial charge in [-0.1, -0.05) is 6.07 Å². The van der Waals surface area contributed by atoms with Crippen molar-refractivity contribution in [3.63, 3.8) is 0 Å². The second-order valence-electron chi connectivity index (χ2n) is 4.97. The van der Waals surface area contributed by atoms with Gasteiger partial charge in [0.1, 0.15) is 11.3 Å². The smallest absolute Gasteiger partial charge is 0.306 e. The minimum Gasteiger partial charge on any atom is -0.306 e. The minimum atomic E-state index is -0.365. The minimum absolute atomic E-state index is 0.171. The molecule has 0 radical (unpaired) electrons. The number of likely N-dealkylation sites (tertiary alicyclic amines) is 1. The Morgan fingerprint density at radius 3 is 2.78 bits per heavy atom. The van der Waals surface area contributed by atoms with Gasteiger partial charge in [-0.3, -0.25) is 4.57 Å². The summed E-state index contributed by atoms with van der Waals surface area (Å²) < 4.78 is 15.3. The van der Waals surface area contributed by atoms with Gasteiger partial charge in [0.2, 0.25) is 0 Å². The number of nitrogens with one attached hydrogen (secondary N) is 1. The van der Waals surface area contributed by atoms with E-state index in [1.54, 1.807) is 16.7 Å². The molecule has 2 aromatic rings. The lowest BCUT2D eigenvalue weighted by atomic mass is 10.1. The highest BCUT2D eigenvalue weighted by atomic mass is 19.1. The fourth-order valence-electron chi connectivity index (χ4n) is 2.73. The predicted octanol–water partition coefficient (Wildman–Crippen LogP) is 1.74. The molecule has 0 bridgehead atoms. The highest BCUT2D eigenvalue weighted by Gasteiger charge is 2.22. The Hall–Kier alpha value is -1.62. The van der Waals surface area contributed by atoms with Crippen LogP contribution in [0.15, 0.2) is 23.0 Å². The number of rotatable bonds is 1. The van der Waals surface area contributed by atoms with E-state index in [4.69, 9.17) is 0 Å². The first-order valence-corrected chi connectivity index (χ1v) is 6.24. The predicted molar refractivity (Wildman–Crippen MR) is 68.3 cm³/mol. The first-order chi connectivity index (χ1) is 8.66. The molecule has 0 amide bonds. The molecule has 1 aromatic carbocycles. The summed E-state index contributed by atoms with van der Waals surface area (Å²) in [6.45, 7) is 1.94. The summed E-state index contributed by atoms with van der Waals surface area (Å²) in [6, 6.07) is 4.99. The van der Waals surface area contributed by atoms with Crippen molar-refractivity contribution in [1.29, 1.82) is 0 Å². The normalized spacial score (nSPS) is 18.6. The molecule has 96 valence electrons. The van der Waals surface area contributed by atoms with Gasteiger partial charge in [-0.15, -0.1) is 0 Å². The molecular weight excluding hydrogens is 233 g/mol. The Labute approximate surface area is 104 Å². The number of hydrogen-bond donors (Lipinski definition) is 1. The van der Waals surface area contributed by atoms with E-state index in [2.05, 4.69) is 16.9 Å². The summed E-state index contributed by atoms with van der Waals surface area (Å²) in [6.07, 6.45) is 1.86. The van der Waals surface area contributed by atoms with Crippen LogP contribution in [0.5, 0.6) is 0 Å². The number of benzene rings is 1. The second kappa shape index (κ2) is 4.24. The van der Waals surface area contributed by atoms with Crippen LogP contribution >= 0.6 is 0 Å². The van der Waals surface area contributed by atoms with Gasteiger partial charge >= 0.3 is 5.69 Å². The van der Waals surface area contributed by atoms with Crippen LogP contribution in [-0.4, -0.2) is 34.6 Å². The third-order valence-corrected chi connectivity index (χ3v) is 3.76. The first-order valence-electron chi connectivity index (χ1n) is 6.24. The molecule has 1 saturated heterocycles. The van der Waals surface area contributed by atoms with Crippen molar-refractivity contribution in [2.75, 3.05) is 20.1 Å². The van der Waals surface area contributed by atoms with Crippen LogP contribution in [0.4, 0.5) is 4.39 Å². The SMILES string of the molecule is CN1CCC(n2c(=O)[nH]c3c(F)cccc32)CC1. The third kappa shape index (κ3) is 1.75. The van der Waals surface area contributed by atoms with Gasteiger partial charge in [0.25, 0.3) is 0 Å². The van der Waals surface area contributed by atoms with E-state index in [1.807, 2.05) is 0 Å². The molecule has 0 spiro atoms. The number of nitrogens with zero attached hydrogens (tertiary/aromatic N) is 2. The van der Waals surface area contributed by atoms with Crippen LogP contribution in [-0.2, 0) is 0 Å². The fourth-order valence-corrected chi connectivity index (χ4v) is 2.73. The summed E-state index contributed by atoms with van der Waals surface area (Å²) >= 11 is 0. The van der Waals surface area contributed by atoms with Crippen LogP contribution in [0.1, 0.15) is 18.9 Å². The molecule has 4 nitrogen and oxygen atoms in total. The summed E-state index contributed by atoms with van der Waals surface area (Å²) in [4.78, 5) is 16.9. The molecule has 1 aliphatic heterocycles. The van der Waals surface area contributed by atoms with Crippen LogP contribution < -0.4 is 5.69 Å². The Balaban J connectivity index is 2.09. The Bertz CT molecular complexity index is 623. The topological polar surface area (TPSA) is 41.0 Å². The number of halogens is 1. The third-order valence-electron chi connectivity index (χ3n) is 3.76. The van der Waals surface area contributed by atoms with Crippen molar-refractivity contribution >= 4 is 11.0 Å². The summed E-state index contributed by atoms with van der Waals surface area (Å²) in [7, 11) is 2.08. The lowest BCUT2D eigenvalue weighted by Crippen LogP contribution is -2.34. The number of hydrogen-bond acceptors (Lipinski definition) is 2. The van der Waals surface area contributed by atoms with Crippen molar-refractivity contribution in [1.82, 2.24) is 14.5 Å². The van der Waals surface area contributed by atoms with Crippen molar-refractivity contribution in [2.45, 2.75) is 18.9 Å². The molecule has 1 aromatic heterocycles. The Morgan fingerprint density at radius 2 is 2.06 bits per heavy atom. The lowest BCUT2D eigenvalue weighted by Gasteiger charge is -2.29. The Kier molecular flexibility index (Phi) is 2.70. The van der Waals surface area contributed by atoms with E-state index in [0.29, 0.717) is 11.0 Å². The van der Waals surface area contributed by atoms with Crippen LogP contribution in [0.2, 0.25) is 0 Å². The van der Waals surface area contributed by atoms with Crippen molar-refractivity contribution in [2.24, 2.45) is 0 Å². The van der Waals surface area contributed by atoms with Crippen molar-refractivity contribution in [3.05, 3.63) is 34.5 Å². The fraction of sp³-hybridized carbons (Fsp3) is 0.462. The highest BCUT2D eigenvalue weighted by molar-refractivity contribution is 5.75. The molecule has 0 aliphatic carbocycles. The quantitative estimate of drug-likeness (QED) is 0.836. The number of aromatic amines is 1. The molecule has 2 heterocycles. The van der Waals surface area contributed by atoms with Gasteiger partial charge in [-0.05, 0) is 45.1 Å². The van der Waals surface area contributed by atoms with E-state index >= 15 is 0 Å². The molecule has 1 N–H and O–H groups in total. The maximum absolute atomic E-state index is 13.6. The van der Waals surface area contributed by atoms with E-state index in [1.165, 1.54) is 6.07 Å². The number of H-pyrrole nitrogens is 1. The summed E-state index contributed by atoms with van der Waals surface area (Å²) in [5.41, 5.74) is 0.792. The summed E-state index contributed by atoms with van der Waals surface area (Å²) in [5.74, 6) is -0.365. The number of imidazole rings is 1. The molecule has 0 unspecified atom stereocenters. The maximum Gasteiger partial charge on any atom is 0.326 e. The standard InChI is InChI=1S/C13H16FN3O/c1-16-7-5-9(6-8-16)17-11-4-2-3-10(14)12(11)15-13(17)18/h2-4,9H,5-8H2,1H3,(H,15,18). The molecule has 1 fully saturated rings. The average Bonchev–Trinajstić information content (AvgIpc) is 2.69. The number of para-hydroxylation sites is 1. The molecule has 18 heavy (non-hydrogen) atoms. The first kappa shape index (κ1) is 11.5. The highest BCUT2D eigenvalue weighted by Crippen LogP contribution is 2.24. The zero-order valence-electron chi connectivity index (χ0n) is 10.3. The molecule has 0 saturated carbocycles. The van der Waals surface area contributed by atoms with Crippen LogP contribution in [0, 0.1) is 5.82 Å². The zero-order valence-corrected chi connectivity index (χ0v) is 10.3. The molecular formula is C13H16FN3O. The van der Waals surface area contributed by atoms with Crippen molar-refractivity contribution < 1.29 is 4.39 Å². The number of fused-ring (bicyclic) bond motifs is 1. The van der Waals surface area contributed by atoms with E-state index in [0.717, 1.165) is 25.9 Å². The molecule has 0 atom stereocenters. The molecule has 1 aliphatic rings. The van der Waals surface area contributed by atoms with E-state index in [9.17, 15) is 9.18 Å². The van der Waals surface area contributed by atoms with Gasteiger partial charge in [0, 0.05) is 6.04 Å². The number of aromatic nitrogens is 2. The van der Waals surface area contributed by atoms with Crippen LogP contribution in [0.3, 0.4) is 0 Å². The van der Waals surface area contributed by atoms with Crippen LogP contribution in [0.25, 0.3) is 11.0 Å². The number of piperidine rings is 1. The van der Waals surface area contributed by atoms with Gasteiger partial charge < -0.3 is 9.88 Å². The molecule has 5 heteroatoms. The summed E-state index contributed by atoms with van der Waals surface area (Å²) in [5, 5.41) is 0. The van der Waals surface area contributed by atoms with Gasteiger partial charge in [0.05, 0.1) is 5.52 Å². The van der Waals surface area contributed by atoms with Crippen molar-refractivity contribution in [3.8, 4) is 0 Å². The maximum atomic E-state index is 13.6. The average molecular weight is 249 g/mol. The van der Waals surface area contributed by atoms with Gasteiger partial charge in [0.15, 0.2) is 0 Å². The molecule has 3 rings (SSSR count). The lowest BCUT2D eigenvalue weighted by molar-refractivity contribution is 0.221. The second-order valence-corrected chi connectivity index (χ2v) is 4.97.